The molecule has 3 rings (SSSR count). The summed E-state index contributed by atoms with van der Waals surface area (Å²) in [4.78, 5) is 0. The second kappa shape index (κ2) is 4.88. The average molecular weight is 276 g/mol. The van der Waals surface area contributed by atoms with Gasteiger partial charge in [-0.15, -0.1) is 0 Å². The Morgan fingerprint density at radius 2 is 1.89 bits per heavy atom. The Morgan fingerprint density at radius 1 is 1.26 bits per heavy atom. The van der Waals surface area contributed by atoms with E-state index in [1.807, 2.05) is 24.3 Å². The standard InChI is InChI=1S/C16H20O2S/c1-2-12-6-3-4-9-15(12)16(17)10-13-7-5-8-14(11-16)19(13)18/h2-4,6,9,13-14,17H,1,5,7-8,10-11H2. The van der Waals surface area contributed by atoms with E-state index in [1.165, 1.54) is 0 Å². The first-order valence-corrected chi connectivity index (χ1v) is 8.25. The van der Waals surface area contributed by atoms with Crippen LogP contribution in [0.5, 0.6) is 0 Å². The SMILES string of the molecule is C=Cc1ccccc1C1(O)CC2CCCC(C1)S2=O. The van der Waals surface area contributed by atoms with Crippen molar-refractivity contribution in [2.45, 2.75) is 48.2 Å². The van der Waals surface area contributed by atoms with E-state index < -0.39 is 16.4 Å². The van der Waals surface area contributed by atoms with Crippen LogP contribution >= 0.6 is 0 Å². The van der Waals surface area contributed by atoms with E-state index in [1.54, 1.807) is 6.08 Å². The lowest BCUT2D eigenvalue weighted by Crippen LogP contribution is -2.47. The van der Waals surface area contributed by atoms with Gasteiger partial charge in [0.25, 0.3) is 0 Å². The molecule has 0 aliphatic carbocycles. The highest BCUT2D eigenvalue weighted by Crippen LogP contribution is 2.45. The fourth-order valence-electron chi connectivity index (χ4n) is 3.60. The Morgan fingerprint density at radius 3 is 2.53 bits per heavy atom. The van der Waals surface area contributed by atoms with Crippen LogP contribution in [0.1, 0.15) is 43.2 Å². The minimum absolute atomic E-state index is 0.162. The van der Waals surface area contributed by atoms with Crippen molar-refractivity contribution in [1.82, 2.24) is 0 Å². The third-order valence-electron chi connectivity index (χ3n) is 4.52. The third-order valence-corrected chi connectivity index (χ3v) is 6.64. The molecule has 3 heteroatoms. The minimum atomic E-state index is -0.825. The largest absolute Gasteiger partial charge is 0.385 e. The predicted octanol–water partition coefficient (Wildman–Crippen LogP) is 2.98. The number of fused-ring (bicyclic) bond motifs is 2. The first-order chi connectivity index (χ1) is 9.14. The number of benzene rings is 1. The van der Waals surface area contributed by atoms with Crippen molar-refractivity contribution in [2.75, 3.05) is 0 Å². The van der Waals surface area contributed by atoms with Gasteiger partial charge < -0.3 is 5.11 Å². The van der Waals surface area contributed by atoms with Gasteiger partial charge in [-0.1, -0.05) is 43.3 Å². The van der Waals surface area contributed by atoms with Gasteiger partial charge in [0.15, 0.2) is 0 Å². The Hall–Kier alpha value is -0.930. The molecule has 2 nitrogen and oxygen atoms in total. The predicted molar refractivity (Wildman–Crippen MR) is 79.2 cm³/mol. The molecule has 2 saturated heterocycles. The van der Waals surface area contributed by atoms with Gasteiger partial charge in [0, 0.05) is 21.3 Å². The van der Waals surface area contributed by atoms with Crippen molar-refractivity contribution in [3.05, 3.63) is 42.0 Å². The molecule has 1 N–H and O–H groups in total. The van der Waals surface area contributed by atoms with Gasteiger partial charge in [0.05, 0.1) is 5.60 Å². The highest BCUT2D eigenvalue weighted by atomic mass is 32.2. The molecule has 2 bridgehead atoms. The second-order valence-electron chi connectivity index (χ2n) is 5.73. The quantitative estimate of drug-likeness (QED) is 0.901. The van der Waals surface area contributed by atoms with Crippen LogP contribution < -0.4 is 0 Å². The second-order valence-corrected chi connectivity index (χ2v) is 7.73. The van der Waals surface area contributed by atoms with E-state index in [0.717, 1.165) is 30.4 Å². The molecule has 102 valence electrons. The molecule has 0 saturated carbocycles. The number of hydrogen-bond donors (Lipinski definition) is 1. The van der Waals surface area contributed by atoms with Crippen LogP contribution in [0.25, 0.3) is 6.08 Å². The van der Waals surface area contributed by atoms with E-state index >= 15 is 0 Å². The average Bonchev–Trinajstić information content (AvgIpc) is 2.41. The molecule has 2 heterocycles. The topological polar surface area (TPSA) is 37.3 Å². The van der Waals surface area contributed by atoms with Gasteiger partial charge in [-0.05, 0) is 36.8 Å². The molecule has 0 radical (unpaired) electrons. The molecule has 0 spiro atoms. The fraction of sp³-hybridized carbons (Fsp3) is 0.500. The molecular weight excluding hydrogens is 256 g/mol. The van der Waals surface area contributed by atoms with Crippen molar-refractivity contribution in [3.8, 4) is 0 Å². The number of aliphatic hydroxyl groups is 1. The molecule has 19 heavy (non-hydrogen) atoms. The van der Waals surface area contributed by atoms with Crippen LogP contribution in [-0.2, 0) is 16.4 Å². The molecule has 0 aromatic heterocycles. The van der Waals surface area contributed by atoms with Crippen molar-refractivity contribution in [3.63, 3.8) is 0 Å². The van der Waals surface area contributed by atoms with Gasteiger partial charge in [0.1, 0.15) is 0 Å². The number of hydrogen-bond acceptors (Lipinski definition) is 2. The molecule has 2 atom stereocenters. The molecule has 1 aromatic carbocycles. The van der Waals surface area contributed by atoms with E-state index in [4.69, 9.17) is 0 Å². The monoisotopic (exact) mass is 276 g/mol. The Kier molecular flexibility index (Phi) is 3.35. The lowest BCUT2D eigenvalue weighted by Gasteiger charge is -2.44. The smallest absolute Gasteiger partial charge is 0.0925 e. The van der Waals surface area contributed by atoms with Crippen LogP contribution in [0.4, 0.5) is 0 Å². The van der Waals surface area contributed by atoms with Crippen LogP contribution in [0.3, 0.4) is 0 Å². The van der Waals surface area contributed by atoms with E-state index in [2.05, 4.69) is 6.58 Å². The summed E-state index contributed by atoms with van der Waals surface area (Å²) in [5.41, 5.74) is 1.13. The van der Waals surface area contributed by atoms with Crippen LogP contribution in [0.2, 0.25) is 0 Å². The van der Waals surface area contributed by atoms with Crippen LogP contribution in [0, 0.1) is 0 Å². The van der Waals surface area contributed by atoms with Crippen molar-refractivity contribution >= 4 is 16.9 Å². The van der Waals surface area contributed by atoms with Gasteiger partial charge >= 0.3 is 0 Å². The summed E-state index contributed by atoms with van der Waals surface area (Å²) < 4.78 is 12.3. The zero-order chi connectivity index (χ0) is 13.5. The lowest BCUT2D eigenvalue weighted by molar-refractivity contribution is 0.00637. The minimum Gasteiger partial charge on any atom is -0.385 e. The molecule has 1 aromatic rings. The van der Waals surface area contributed by atoms with Crippen LogP contribution in [0.15, 0.2) is 30.8 Å². The molecule has 2 fully saturated rings. The maximum Gasteiger partial charge on any atom is 0.0925 e. The van der Waals surface area contributed by atoms with Crippen LogP contribution in [-0.4, -0.2) is 19.8 Å². The maximum absolute atomic E-state index is 12.3. The highest BCUT2D eigenvalue weighted by molar-refractivity contribution is 7.86. The normalized spacial score (nSPS) is 37.8. The van der Waals surface area contributed by atoms with E-state index in [0.29, 0.717) is 12.8 Å². The summed E-state index contributed by atoms with van der Waals surface area (Å²) in [6, 6.07) is 7.90. The van der Waals surface area contributed by atoms with Gasteiger partial charge in [-0.2, -0.15) is 0 Å². The van der Waals surface area contributed by atoms with E-state index in [9.17, 15) is 9.32 Å². The van der Waals surface area contributed by atoms with Crippen molar-refractivity contribution in [1.29, 1.82) is 0 Å². The van der Waals surface area contributed by atoms with Gasteiger partial charge in [-0.25, -0.2) is 0 Å². The summed E-state index contributed by atoms with van der Waals surface area (Å²) in [5.74, 6) is 0. The molecule has 2 aliphatic rings. The van der Waals surface area contributed by atoms with Crippen molar-refractivity contribution < 1.29 is 9.32 Å². The fourth-order valence-corrected chi connectivity index (χ4v) is 5.82. The lowest BCUT2D eigenvalue weighted by atomic mass is 9.79. The van der Waals surface area contributed by atoms with E-state index in [-0.39, 0.29) is 10.5 Å². The maximum atomic E-state index is 12.3. The third kappa shape index (κ3) is 2.19. The number of rotatable bonds is 2. The highest BCUT2D eigenvalue weighted by Gasteiger charge is 2.46. The molecule has 2 unspecified atom stereocenters. The Labute approximate surface area is 117 Å². The molecule has 2 aliphatic heterocycles. The molecule has 0 amide bonds. The summed E-state index contributed by atoms with van der Waals surface area (Å²) in [6.45, 7) is 3.83. The molecular formula is C16H20O2S. The Bertz CT molecular complexity index is 507. The first-order valence-electron chi connectivity index (χ1n) is 6.98. The summed E-state index contributed by atoms with van der Waals surface area (Å²) in [7, 11) is -0.751. The summed E-state index contributed by atoms with van der Waals surface area (Å²) in [5, 5.41) is 11.4. The first kappa shape index (κ1) is 13.1. The van der Waals surface area contributed by atoms with Gasteiger partial charge in [-0.3, -0.25) is 4.21 Å². The zero-order valence-corrected chi connectivity index (χ0v) is 11.9. The van der Waals surface area contributed by atoms with Gasteiger partial charge in [0.2, 0.25) is 0 Å². The summed E-state index contributed by atoms with van der Waals surface area (Å²) >= 11 is 0. The Balaban J connectivity index is 1.99. The summed E-state index contributed by atoms with van der Waals surface area (Å²) in [6.07, 6.45) is 6.18. The van der Waals surface area contributed by atoms with Crippen molar-refractivity contribution in [2.24, 2.45) is 0 Å². The zero-order valence-electron chi connectivity index (χ0n) is 11.0.